The van der Waals surface area contributed by atoms with Gasteiger partial charge < -0.3 is 14.4 Å². The average molecular weight is 518 g/mol. The number of hydrogen-bond donors (Lipinski definition) is 0. The molecule has 36 heavy (non-hydrogen) atoms. The van der Waals surface area contributed by atoms with Gasteiger partial charge in [-0.05, 0) is 55.2 Å². The minimum atomic E-state index is -4.45. The van der Waals surface area contributed by atoms with Crippen molar-refractivity contribution in [3.63, 3.8) is 0 Å². The third-order valence-corrected chi connectivity index (χ3v) is 6.98. The standard InChI is InChI=1S/C27H26F3NO4S/c1-2-34-25(33)10-6-9-24(32)31-14-13-19-15-20(11-12-23(19)31)35-17-21-16-22(18-7-4-3-5-8-18)26(36-21)27(28,29)30/h3-5,7-8,11-12,15-16H,2,6,9-10,13-14,17H2,1H3. The number of fused-ring (bicyclic) bond motifs is 1. The van der Waals surface area contributed by atoms with Crippen molar-refractivity contribution in [1.29, 1.82) is 0 Å². The van der Waals surface area contributed by atoms with Gasteiger partial charge in [0.2, 0.25) is 5.91 Å². The molecule has 190 valence electrons. The molecule has 9 heteroatoms. The molecule has 1 aliphatic rings. The number of esters is 1. The molecule has 0 spiro atoms. The van der Waals surface area contributed by atoms with Crippen LogP contribution in [0.5, 0.6) is 5.75 Å². The van der Waals surface area contributed by atoms with Crippen molar-refractivity contribution in [1.82, 2.24) is 0 Å². The number of carbonyl (C=O) groups is 2. The maximum Gasteiger partial charge on any atom is 0.426 e. The molecule has 0 saturated carbocycles. The van der Waals surface area contributed by atoms with Gasteiger partial charge in [-0.3, -0.25) is 9.59 Å². The first-order valence-electron chi connectivity index (χ1n) is 11.7. The molecule has 1 aromatic heterocycles. The summed E-state index contributed by atoms with van der Waals surface area (Å²) in [5, 5.41) is 0. The third kappa shape index (κ3) is 6.07. The van der Waals surface area contributed by atoms with Gasteiger partial charge in [0.15, 0.2) is 0 Å². The minimum Gasteiger partial charge on any atom is -0.488 e. The quantitative estimate of drug-likeness (QED) is 0.299. The molecule has 0 aliphatic carbocycles. The van der Waals surface area contributed by atoms with Gasteiger partial charge in [0.1, 0.15) is 17.2 Å². The molecule has 0 bridgehead atoms. The van der Waals surface area contributed by atoms with Gasteiger partial charge in [-0.2, -0.15) is 13.2 Å². The van der Waals surface area contributed by atoms with Crippen LogP contribution in [0.3, 0.4) is 0 Å². The summed E-state index contributed by atoms with van der Waals surface area (Å²) in [6.07, 6.45) is -2.91. The Bertz CT molecular complexity index is 1220. The van der Waals surface area contributed by atoms with Crippen LogP contribution in [-0.2, 0) is 33.5 Å². The molecular weight excluding hydrogens is 491 g/mol. The molecule has 2 heterocycles. The predicted molar refractivity (Wildman–Crippen MR) is 132 cm³/mol. The zero-order valence-corrected chi connectivity index (χ0v) is 20.6. The van der Waals surface area contributed by atoms with Crippen LogP contribution in [0.25, 0.3) is 11.1 Å². The Hall–Kier alpha value is -3.33. The number of nitrogens with zero attached hydrogens (tertiary/aromatic N) is 1. The fourth-order valence-electron chi connectivity index (χ4n) is 4.19. The minimum absolute atomic E-state index is 0.00979. The normalized spacial score (nSPS) is 12.9. The van der Waals surface area contributed by atoms with Crippen LogP contribution in [0.4, 0.5) is 18.9 Å². The summed E-state index contributed by atoms with van der Waals surface area (Å²) in [5.74, 6) is 0.171. The van der Waals surface area contributed by atoms with Crippen LogP contribution < -0.4 is 9.64 Å². The van der Waals surface area contributed by atoms with Gasteiger partial charge in [-0.15, -0.1) is 11.3 Å². The number of rotatable bonds is 9. The largest absolute Gasteiger partial charge is 0.488 e. The number of amides is 1. The SMILES string of the molecule is CCOC(=O)CCCC(=O)N1CCc2cc(OCc3cc(-c4ccccc4)c(C(F)(F)F)s3)ccc21. The highest BCUT2D eigenvalue weighted by atomic mass is 32.1. The van der Waals surface area contributed by atoms with Gasteiger partial charge in [-0.25, -0.2) is 0 Å². The van der Waals surface area contributed by atoms with Crippen molar-refractivity contribution in [2.45, 2.75) is 45.4 Å². The number of anilines is 1. The van der Waals surface area contributed by atoms with Crippen molar-refractivity contribution >= 4 is 28.9 Å². The van der Waals surface area contributed by atoms with Crippen molar-refractivity contribution in [3.05, 3.63) is 69.9 Å². The van der Waals surface area contributed by atoms with Crippen LogP contribution >= 0.6 is 11.3 Å². The predicted octanol–water partition coefficient (Wildman–Crippen LogP) is 6.64. The van der Waals surface area contributed by atoms with Crippen LogP contribution in [-0.4, -0.2) is 25.0 Å². The van der Waals surface area contributed by atoms with E-state index in [4.69, 9.17) is 9.47 Å². The second kappa shape index (κ2) is 11.2. The van der Waals surface area contributed by atoms with E-state index in [2.05, 4.69) is 0 Å². The highest BCUT2D eigenvalue weighted by Gasteiger charge is 2.36. The van der Waals surface area contributed by atoms with Gasteiger partial charge in [0.05, 0.1) is 6.61 Å². The van der Waals surface area contributed by atoms with Crippen LogP contribution in [0, 0.1) is 0 Å². The average Bonchev–Trinajstić information content (AvgIpc) is 3.48. The van der Waals surface area contributed by atoms with Gasteiger partial charge in [0, 0.05) is 35.5 Å². The summed E-state index contributed by atoms with van der Waals surface area (Å²) in [5.41, 5.74) is 2.40. The molecule has 0 fully saturated rings. The number of hydrogen-bond acceptors (Lipinski definition) is 5. The molecule has 1 aliphatic heterocycles. The topological polar surface area (TPSA) is 55.8 Å². The first kappa shape index (κ1) is 25.8. The van der Waals surface area contributed by atoms with Crippen molar-refractivity contribution in [2.75, 3.05) is 18.1 Å². The molecule has 0 N–H and O–H groups in total. The van der Waals surface area contributed by atoms with E-state index >= 15 is 0 Å². The Morgan fingerprint density at radius 1 is 1.06 bits per heavy atom. The van der Waals surface area contributed by atoms with Gasteiger partial charge in [0.25, 0.3) is 0 Å². The van der Waals surface area contributed by atoms with Gasteiger partial charge >= 0.3 is 12.1 Å². The first-order valence-corrected chi connectivity index (χ1v) is 12.5. The summed E-state index contributed by atoms with van der Waals surface area (Å²) in [6, 6.07) is 15.4. The van der Waals surface area contributed by atoms with E-state index in [1.165, 1.54) is 6.07 Å². The van der Waals surface area contributed by atoms with E-state index < -0.39 is 11.1 Å². The number of carbonyl (C=O) groups excluding carboxylic acids is 2. The number of ether oxygens (including phenoxy) is 2. The zero-order valence-electron chi connectivity index (χ0n) is 19.8. The molecule has 0 unspecified atom stereocenters. The highest BCUT2D eigenvalue weighted by Crippen LogP contribution is 2.43. The monoisotopic (exact) mass is 517 g/mol. The van der Waals surface area contributed by atoms with Crippen molar-refractivity contribution in [2.24, 2.45) is 0 Å². The number of benzene rings is 2. The van der Waals surface area contributed by atoms with E-state index in [0.717, 1.165) is 11.3 Å². The molecule has 3 aromatic rings. The number of alkyl halides is 3. The molecule has 0 saturated heterocycles. The summed E-state index contributed by atoms with van der Waals surface area (Å²) in [4.78, 5) is 25.6. The van der Waals surface area contributed by atoms with Crippen molar-refractivity contribution < 1.29 is 32.2 Å². The maximum absolute atomic E-state index is 13.6. The van der Waals surface area contributed by atoms with E-state index in [9.17, 15) is 22.8 Å². The lowest BCUT2D eigenvalue weighted by molar-refractivity contribution is -0.143. The summed E-state index contributed by atoms with van der Waals surface area (Å²) in [7, 11) is 0. The zero-order chi connectivity index (χ0) is 25.7. The molecule has 4 rings (SSSR count). The summed E-state index contributed by atoms with van der Waals surface area (Å²) in [6.45, 7) is 2.61. The Labute approximate surface area is 211 Å². The fourth-order valence-corrected chi connectivity index (χ4v) is 5.15. The van der Waals surface area contributed by atoms with Crippen LogP contribution in [0.1, 0.15) is 41.5 Å². The van der Waals surface area contributed by atoms with Gasteiger partial charge in [-0.1, -0.05) is 30.3 Å². The molecular formula is C27H26F3NO4S. The third-order valence-electron chi connectivity index (χ3n) is 5.83. The second-order valence-electron chi connectivity index (χ2n) is 8.35. The van der Waals surface area contributed by atoms with E-state index in [-0.39, 0.29) is 36.9 Å². The van der Waals surface area contributed by atoms with E-state index in [1.807, 2.05) is 6.07 Å². The molecule has 0 radical (unpaired) electrons. The Kier molecular flexibility index (Phi) is 7.98. The summed E-state index contributed by atoms with van der Waals surface area (Å²) >= 11 is 0.687. The van der Waals surface area contributed by atoms with Crippen LogP contribution in [0.15, 0.2) is 54.6 Å². The lowest BCUT2D eigenvalue weighted by Crippen LogP contribution is -2.28. The van der Waals surface area contributed by atoms with E-state index in [0.29, 0.717) is 53.5 Å². The first-order chi connectivity index (χ1) is 17.3. The smallest absolute Gasteiger partial charge is 0.426 e. The Balaban J connectivity index is 1.40. The molecule has 0 atom stereocenters. The Morgan fingerprint density at radius 2 is 1.83 bits per heavy atom. The van der Waals surface area contributed by atoms with Crippen LogP contribution in [0.2, 0.25) is 0 Å². The summed E-state index contributed by atoms with van der Waals surface area (Å²) < 4.78 is 51.6. The lowest BCUT2D eigenvalue weighted by atomic mass is 10.1. The highest BCUT2D eigenvalue weighted by molar-refractivity contribution is 7.12. The second-order valence-corrected chi connectivity index (χ2v) is 9.49. The maximum atomic E-state index is 13.6. The number of halogens is 3. The van der Waals surface area contributed by atoms with E-state index in [1.54, 1.807) is 54.3 Å². The molecule has 1 amide bonds. The molecule has 2 aromatic carbocycles. The fraction of sp³-hybridized carbons (Fsp3) is 0.333. The molecule has 5 nitrogen and oxygen atoms in total. The van der Waals surface area contributed by atoms with Crippen molar-refractivity contribution in [3.8, 4) is 16.9 Å². The lowest BCUT2D eigenvalue weighted by Gasteiger charge is -2.17. The Morgan fingerprint density at radius 3 is 2.56 bits per heavy atom. The number of thiophene rings is 1.